The molecule has 0 aliphatic carbocycles. The van der Waals surface area contributed by atoms with E-state index < -0.39 is 0 Å². The van der Waals surface area contributed by atoms with Crippen LogP contribution in [0.15, 0.2) is 22.7 Å². The minimum Gasteiger partial charge on any atom is -0.334 e. The number of nitrogens with one attached hydrogen (secondary N) is 1. The van der Waals surface area contributed by atoms with E-state index in [1.165, 1.54) is 0 Å². The van der Waals surface area contributed by atoms with Crippen molar-refractivity contribution in [2.24, 2.45) is 0 Å². The standard InChI is InChI=1S/C12H14ClN3O/c1-3-14-7-11-15-12(17-16-11)9-5-4-6-10(13)8(9)2/h4-6,14H,3,7H2,1-2H3. The molecule has 0 bridgehead atoms. The minimum absolute atomic E-state index is 0.512. The first-order valence-electron chi connectivity index (χ1n) is 5.51. The van der Waals surface area contributed by atoms with Gasteiger partial charge >= 0.3 is 0 Å². The van der Waals surface area contributed by atoms with E-state index in [9.17, 15) is 0 Å². The van der Waals surface area contributed by atoms with Gasteiger partial charge in [0.25, 0.3) is 5.89 Å². The molecule has 0 radical (unpaired) electrons. The second kappa shape index (κ2) is 5.29. The smallest absolute Gasteiger partial charge is 0.258 e. The topological polar surface area (TPSA) is 51.0 Å². The number of halogens is 1. The van der Waals surface area contributed by atoms with E-state index in [0.717, 1.165) is 17.7 Å². The number of hydrogen-bond acceptors (Lipinski definition) is 4. The maximum atomic E-state index is 6.05. The van der Waals surface area contributed by atoms with Gasteiger partial charge in [-0.2, -0.15) is 4.98 Å². The molecule has 1 heterocycles. The van der Waals surface area contributed by atoms with Gasteiger partial charge in [-0.1, -0.05) is 29.7 Å². The lowest BCUT2D eigenvalue weighted by molar-refractivity contribution is 0.419. The van der Waals surface area contributed by atoms with Crippen molar-refractivity contribution >= 4 is 11.6 Å². The summed E-state index contributed by atoms with van der Waals surface area (Å²) in [7, 11) is 0. The molecule has 0 fully saturated rings. The molecule has 0 atom stereocenters. The highest BCUT2D eigenvalue weighted by Crippen LogP contribution is 2.26. The molecule has 2 rings (SSSR count). The van der Waals surface area contributed by atoms with Crippen LogP contribution in [0.5, 0.6) is 0 Å². The average molecular weight is 252 g/mol. The molecule has 0 saturated carbocycles. The third kappa shape index (κ3) is 2.65. The molecule has 0 aliphatic rings. The fourth-order valence-corrected chi connectivity index (χ4v) is 1.69. The summed E-state index contributed by atoms with van der Waals surface area (Å²) >= 11 is 6.05. The maximum Gasteiger partial charge on any atom is 0.258 e. The van der Waals surface area contributed by atoms with E-state index in [1.54, 1.807) is 0 Å². The molecule has 1 N–H and O–H groups in total. The normalized spacial score (nSPS) is 10.8. The number of rotatable bonds is 4. The Morgan fingerprint density at radius 1 is 1.41 bits per heavy atom. The Bertz CT molecular complexity index is 510. The van der Waals surface area contributed by atoms with Crippen LogP contribution >= 0.6 is 11.6 Å². The Hall–Kier alpha value is -1.39. The fraction of sp³-hybridized carbons (Fsp3) is 0.333. The zero-order valence-corrected chi connectivity index (χ0v) is 10.6. The van der Waals surface area contributed by atoms with Crippen molar-refractivity contribution in [2.45, 2.75) is 20.4 Å². The quantitative estimate of drug-likeness (QED) is 0.908. The molecule has 17 heavy (non-hydrogen) atoms. The van der Waals surface area contributed by atoms with Gasteiger partial charge in [0.2, 0.25) is 0 Å². The van der Waals surface area contributed by atoms with Gasteiger partial charge in [0, 0.05) is 10.6 Å². The summed E-state index contributed by atoms with van der Waals surface area (Å²) in [6.45, 7) is 5.45. The van der Waals surface area contributed by atoms with E-state index in [0.29, 0.717) is 23.3 Å². The van der Waals surface area contributed by atoms with Crippen molar-refractivity contribution in [3.05, 3.63) is 34.6 Å². The Labute approximate surface area is 105 Å². The summed E-state index contributed by atoms with van der Waals surface area (Å²) in [5.74, 6) is 1.17. The molecule has 0 saturated heterocycles. The van der Waals surface area contributed by atoms with Crippen LogP contribution in [0.4, 0.5) is 0 Å². The van der Waals surface area contributed by atoms with Crippen LogP contribution < -0.4 is 5.32 Å². The minimum atomic E-state index is 0.512. The van der Waals surface area contributed by atoms with Crippen LogP contribution in [-0.4, -0.2) is 16.7 Å². The summed E-state index contributed by atoms with van der Waals surface area (Å²) in [6.07, 6.45) is 0. The number of benzene rings is 1. The molecule has 2 aromatic rings. The zero-order chi connectivity index (χ0) is 12.3. The molecule has 0 spiro atoms. The van der Waals surface area contributed by atoms with Gasteiger partial charge < -0.3 is 9.84 Å². The third-order valence-electron chi connectivity index (χ3n) is 2.50. The van der Waals surface area contributed by atoms with Crippen LogP contribution in [0.3, 0.4) is 0 Å². The fourth-order valence-electron chi connectivity index (χ4n) is 1.51. The molecular weight excluding hydrogens is 238 g/mol. The lowest BCUT2D eigenvalue weighted by Crippen LogP contribution is -2.12. The molecule has 1 aromatic heterocycles. The first-order valence-corrected chi connectivity index (χ1v) is 5.89. The van der Waals surface area contributed by atoms with Gasteiger partial charge in [0.15, 0.2) is 5.82 Å². The van der Waals surface area contributed by atoms with Gasteiger partial charge in [-0.05, 0) is 31.2 Å². The zero-order valence-electron chi connectivity index (χ0n) is 9.83. The first-order chi connectivity index (χ1) is 8.22. The molecule has 0 unspecified atom stereocenters. The Morgan fingerprint density at radius 3 is 3.00 bits per heavy atom. The predicted molar refractivity (Wildman–Crippen MR) is 66.9 cm³/mol. The van der Waals surface area contributed by atoms with Gasteiger partial charge in [-0.3, -0.25) is 0 Å². The van der Waals surface area contributed by atoms with Crippen LogP contribution in [0.1, 0.15) is 18.3 Å². The highest BCUT2D eigenvalue weighted by molar-refractivity contribution is 6.31. The van der Waals surface area contributed by atoms with Crippen molar-refractivity contribution in [1.82, 2.24) is 15.5 Å². The van der Waals surface area contributed by atoms with Gasteiger partial charge in [-0.15, -0.1) is 0 Å². The summed E-state index contributed by atoms with van der Waals surface area (Å²) in [4.78, 5) is 4.32. The third-order valence-corrected chi connectivity index (χ3v) is 2.91. The molecule has 1 aromatic carbocycles. The van der Waals surface area contributed by atoms with Crippen LogP contribution in [0.2, 0.25) is 5.02 Å². The average Bonchev–Trinajstić information content (AvgIpc) is 2.78. The van der Waals surface area contributed by atoms with Crippen LogP contribution in [0.25, 0.3) is 11.5 Å². The van der Waals surface area contributed by atoms with Gasteiger partial charge in [-0.25, -0.2) is 0 Å². The Morgan fingerprint density at radius 2 is 2.24 bits per heavy atom. The second-order valence-corrected chi connectivity index (χ2v) is 4.12. The van der Waals surface area contributed by atoms with Gasteiger partial charge in [0.1, 0.15) is 0 Å². The number of nitrogens with zero attached hydrogens (tertiary/aromatic N) is 2. The molecule has 5 heteroatoms. The Balaban J connectivity index is 2.27. The number of hydrogen-bond donors (Lipinski definition) is 1. The molecule has 4 nitrogen and oxygen atoms in total. The Kier molecular flexibility index (Phi) is 3.76. The van der Waals surface area contributed by atoms with Crippen molar-refractivity contribution in [3.8, 4) is 11.5 Å². The van der Waals surface area contributed by atoms with Crippen molar-refractivity contribution in [1.29, 1.82) is 0 Å². The molecule has 90 valence electrons. The van der Waals surface area contributed by atoms with Crippen molar-refractivity contribution in [3.63, 3.8) is 0 Å². The highest BCUT2D eigenvalue weighted by atomic mass is 35.5. The largest absolute Gasteiger partial charge is 0.334 e. The number of aromatic nitrogens is 2. The summed E-state index contributed by atoms with van der Waals surface area (Å²) in [5, 5.41) is 7.76. The second-order valence-electron chi connectivity index (χ2n) is 3.71. The van der Waals surface area contributed by atoms with E-state index >= 15 is 0 Å². The maximum absolute atomic E-state index is 6.05. The van der Waals surface area contributed by atoms with E-state index in [2.05, 4.69) is 15.5 Å². The summed E-state index contributed by atoms with van der Waals surface area (Å²) < 4.78 is 5.22. The lowest BCUT2D eigenvalue weighted by atomic mass is 10.1. The van der Waals surface area contributed by atoms with E-state index in [4.69, 9.17) is 16.1 Å². The highest BCUT2D eigenvalue weighted by Gasteiger charge is 2.12. The van der Waals surface area contributed by atoms with Crippen molar-refractivity contribution < 1.29 is 4.52 Å². The van der Waals surface area contributed by atoms with E-state index in [1.807, 2.05) is 32.0 Å². The van der Waals surface area contributed by atoms with Crippen molar-refractivity contribution in [2.75, 3.05) is 6.54 Å². The summed E-state index contributed by atoms with van der Waals surface area (Å²) in [5.41, 5.74) is 1.83. The first kappa shape index (κ1) is 12.1. The SMILES string of the molecule is CCNCc1noc(-c2cccc(Cl)c2C)n1. The molecule has 0 aliphatic heterocycles. The summed E-state index contributed by atoms with van der Waals surface area (Å²) in [6, 6.07) is 5.64. The van der Waals surface area contributed by atoms with Gasteiger partial charge in [0.05, 0.1) is 6.54 Å². The van der Waals surface area contributed by atoms with E-state index in [-0.39, 0.29) is 0 Å². The van der Waals surface area contributed by atoms with Crippen LogP contribution in [0, 0.1) is 6.92 Å². The molecular formula is C12H14ClN3O. The lowest BCUT2D eigenvalue weighted by Gasteiger charge is -2.01. The molecule has 0 amide bonds. The van der Waals surface area contributed by atoms with Crippen LogP contribution in [-0.2, 0) is 6.54 Å². The monoisotopic (exact) mass is 251 g/mol. The predicted octanol–water partition coefficient (Wildman–Crippen LogP) is 2.81.